The molecule has 0 aromatic heterocycles. The summed E-state index contributed by atoms with van der Waals surface area (Å²) in [6, 6.07) is 0. The van der Waals surface area contributed by atoms with E-state index in [2.05, 4.69) is 5.32 Å². The van der Waals surface area contributed by atoms with Gasteiger partial charge in [-0.2, -0.15) is 0 Å². The Morgan fingerprint density at radius 2 is 2.25 bits per heavy atom. The summed E-state index contributed by atoms with van der Waals surface area (Å²) >= 11 is 0. The number of fused-ring (bicyclic) bond motifs is 1. The maximum atomic E-state index is 12.4. The number of carbonyl (C=O) groups is 2. The fraction of sp³-hybridized carbons (Fsp3) is 0.692. The number of rotatable bonds is 3. The van der Waals surface area contributed by atoms with Crippen molar-refractivity contribution in [3.63, 3.8) is 0 Å². The predicted molar refractivity (Wildman–Crippen MR) is 69.1 cm³/mol. The first-order valence-electron chi connectivity index (χ1n) is 6.60. The first kappa shape index (κ1) is 14.5. The molecular formula is C13H18N2O5. The number of nitrogens with one attached hydrogen (secondary N) is 1. The molecule has 0 aromatic carbocycles. The minimum Gasteiger partial charge on any atom is -0.465 e. The third-order valence-electron chi connectivity index (χ3n) is 4.42. The van der Waals surface area contributed by atoms with E-state index in [0.29, 0.717) is 5.70 Å². The lowest BCUT2D eigenvalue weighted by Gasteiger charge is -2.36. The normalized spacial score (nSPS) is 35.9. The molecule has 0 aromatic rings. The van der Waals surface area contributed by atoms with E-state index in [-0.39, 0.29) is 24.4 Å². The molecule has 1 aliphatic carbocycles. The average Bonchev–Trinajstić information content (AvgIpc) is 2.67. The van der Waals surface area contributed by atoms with Gasteiger partial charge in [0.15, 0.2) is 5.41 Å². The number of allylic oxidation sites excluding steroid dienone is 1. The Balaban J connectivity index is 2.56. The van der Waals surface area contributed by atoms with E-state index in [9.17, 15) is 19.7 Å². The summed E-state index contributed by atoms with van der Waals surface area (Å²) in [6.45, 7) is 4.93. The Bertz CT molecular complexity index is 515. The Labute approximate surface area is 116 Å². The third-order valence-corrected chi connectivity index (χ3v) is 4.42. The highest BCUT2D eigenvalue weighted by atomic mass is 16.6. The van der Waals surface area contributed by atoms with E-state index in [0.717, 1.165) is 0 Å². The fourth-order valence-electron chi connectivity index (χ4n) is 3.24. The van der Waals surface area contributed by atoms with Crippen LogP contribution in [0.5, 0.6) is 0 Å². The zero-order valence-electron chi connectivity index (χ0n) is 11.8. The highest BCUT2D eigenvalue weighted by Crippen LogP contribution is 2.54. The Kier molecular flexibility index (Phi) is 3.31. The van der Waals surface area contributed by atoms with Gasteiger partial charge in [-0.25, -0.2) is 0 Å². The van der Waals surface area contributed by atoms with Crippen LogP contribution in [0.15, 0.2) is 11.8 Å². The molecule has 2 rings (SSSR count). The molecule has 110 valence electrons. The number of ether oxygens (including phenoxy) is 1. The number of esters is 1. The number of carbonyl (C=O) groups excluding carboxylic acids is 2. The van der Waals surface area contributed by atoms with Crippen LogP contribution in [0.4, 0.5) is 0 Å². The quantitative estimate of drug-likeness (QED) is 0.360. The van der Waals surface area contributed by atoms with Gasteiger partial charge in [-0.05, 0) is 20.3 Å². The standard InChI is InChI=1S/C13H18N2O5/c1-4-20-11(17)13-6-5-12(3,15(18)19)9(13)7-8(2)14-10(13)16/h7,9H,4-6H2,1-3H3,(H,14,16)/t9-,12+,13-/m0/s1. The van der Waals surface area contributed by atoms with Gasteiger partial charge in [-0.15, -0.1) is 0 Å². The van der Waals surface area contributed by atoms with Gasteiger partial charge in [0, 0.05) is 24.0 Å². The molecule has 3 atom stereocenters. The van der Waals surface area contributed by atoms with Crippen LogP contribution in [0.1, 0.15) is 33.6 Å². The number of hydrogen-bond acceptors (Lipinski definition) is 5. The maximum Gasteiger partial charge on any atom is 0.322 e. The van der Waals surface area contributed by atoms with Crippen LogP contribution in [0.2, 0.25) is 0 Å². The van der Waals surface area contributed by atoms with Crippen molar-refractivity contribution in [3.8, 4) is 0 Å². The van der Waals surface area contributed by atoms with E-state index in [1.807, 2.05) is 0 Å². The van der Waals surface area contributed by atoms with Crippen LogP contribution in [0.25, 0.3) is 0 Å². The van der Waals surface area contributed by atoms with Crippen molar-refractivity contribution in [2.45, 2.75) is 39.2 Å². The van der Waals surface area contributed by atoms with Gasteiger partial charge < -0.3 is 10.1 Å². The molecule has 2 aliphatic rings. The molecule has 0 saturated heterocycles. The molecule has 1 heterocycles. The van der Waals surface area contributed by atoms with E-state index in [4.69, 9.17) is 4.74 Å². The molecule has 1 N–H and O–H groups in total. The molecular weight excluding hydrogens is 264 g/mol. The molecule has 0 radical (unpaired) electrons. The van der Waals surface area contributed by atoms with Crippen molar-refractivity contribution in [3.05, 3.63) is 21.9 Å². The summed E-state index contributed by atoms with van der Waals surface area (Å²) in [5.41, 5.74) is -2.27. The zero-order valence-corrected chi connectivity index (χ0v) is 11.8. The zero-order chi connectivity index (χ0) is 15.1. The average molecular weight is 282 g/mol. The van der Waals surface area contributed by atoms with Crippen molar-refractivity contribution in [1.82, 2.24) is 5.32 Å². The molecule has 1 saturated carbocycles. The highest BCUT2D eigenvalue weighted by Gasteiger charge is 2.69. The van der Waals surface area contributed by atoms with Crippen LogP contribution in [-0.4, -0.2) is 28.9 Å². The Hall–Kier alpha value is -1.92. The molecule has 7 heteroatoms. The van der Waals surface area contributed by atoms with Crippen LogP contribution in [0.3, 0.4) is 0 Å². The molecule has 1 amide bonds. The molecule has 0 spiro atoms. The van der Waals surface area contributed by atoms with Gasteiger partial charge in [0.05, 0.1) is 12.5 Å². The smallest absolute Gasteiger partial charge is 0.322 e. The summed E-state index contributed by atoms with van der Waals surface area (Å²) in [7, 11) is 0. The van der Waals surface area contributed by atoms with E-state index in [1.165, 1.54) is 6.92 Å². The van der Waals surface area contributed by atoms with Gasteiger partial charge in [0.1, 0.15) is 0 Å². The lowest BCUT2D eigenvalue weighted by molar-refractivity contribution is -0.571. The van der Waals surface area contributed by atoms with Gasteiger partial charge in [-0.3, -0.25) is 19.7 Å². The molecule has 7 nitrogen and oxygen atoms in total. The summed E-state index contributed by atoms with van der Waals surface area (Å²) < 4.78 is 5.01. The second kappa shape index (κ2) is 4.57. The summed E-state index contributed by atoms with van der Waals surface area (Å²) in [5, 5.41) is 14.0. The predicted octanol–water partition coefficient (Wildman–Crippen LogP) is 1.01. The highest BCUT2D eigenvalue weighted by molar-refractivity contribution is 6.05. The van der Waals surface area contributed by atoms with Gasteiger partial charge in [0.2, 0.25) is 11.4 Å². The van der Waals surface area contributed by atoms with Gasteiger partial charge in [0.25, 0.3) is 0 Å². The Morgan fingerprint density at radius 3 is 2.80 bits per heavy atom. The van der Waals surface area contributed by atoms with Crippen LogP contribution in [-0.2, 0) is 14.3 Å². The number of amides is 1. The van der Waals surface area contributed by atoms with E-state index in [1.54, 1.807) is 19.9 Å². The van der Waals surface area contributed by atoms with Gasteiger partial charge >= 0.3 is 5.97 Å². The number of nitrogens with zero attached hydrogens (tertiary/aromatic N) is 1. The van der Waals surface area contributed by atoms with E-state index >= 15 is 0 Å². The molecule has 0 unspecified atom stereocenters. The van der Waals surface area contributed by atoms with Crippen LogP contribution < -0.4 is 5.32 Å². The number of nitro groups is 1. The summed E-state index contributed by atoms with van der Waals surface area (Å²) in [5.74, 6) is -1.94. The van der Waals surface area contributed by atoms with Crippen molar-refractivity contribution in [2.75, 3.05) is 6.61 Å². The summed E-state index contributed by atoms with van der Waals surface area (Å²) in [4.78, 5) is 35.7. The first-order valence-corrected chi connectivity index (χ1v) is 6.60. The summed E-state index contributed by atoms with van der Waals surface area (Å²) in [6.07, 6.45) is 1.92. The number of hydrogen-bond donors (Lipinski definition) is 1. The molecule has 20 heavy (non-hydrogen) atoms. The SMILES string of the molecule is CCOC(=O)[C@@]12CC[C@@](C)([N+](=O)[O-])[C@@H]1C=C(C)NC2=O. The van der Waals surface area contributed by atoms with Crippen molar-refractivity contribution in [2.24, 2.45) is 11.3 Å². The van der Waals surface area contributed by atoms with Crippen molar-refractivity contribution < 1.29 is 19.2 Å². The largest absolute Gasteiger partial charge is 0.465 e. The fourth-order valence-corrected chi connectivity index (χ4v) is 3.24. The van der Waals surface area contributed by atoms with Crippen molar-refractivity contribution in [1.29, 1.82) is 0 Å². The lowest BCUT2D eigenvalue weighted by Crippen LogP contribution is -2.56. The maximum absolute atomic E-state index is 12.4. The second-order valence-electron chi connectivity index (χ2n) is 5.59. The molecule has 1 aliphatic heterocycles. The minimum atomic E-state index is -1.47. The molecule has 0 bridgehead atoms. The monoisotopic (exact) mass is 282 g/mol. The topological polar surface area (TPSA) is 98.5 Å². The van der Waals surface area contributed by atoms with E-state index < -0.39 is 28.7 Å². The van der Waals surface area contributed by atoms with Crippen LogP contribution >= 0.6 is 0 Å². The molecule has 1 fully saturated rings. The Morgan fingerprint density at radius 1 is 1.60 bits per heavy atom. The third kappa shape index (κ3) is 1.72. The van der Waals surface area contributed by atoms with Crippen molar-refractivity contribution >= 4 is 11.9 Å². The van der Waals surface area contributed by atoms with Crippen LogP contribution in [0, 0.1) is 21.4 Å². The lowest BCUT2D eigenvalue weighted by atomic mass is 9.70. The minimum absolute atomic E-state index is 0.129. The first-order chi connectivity index (χ1) is 9.29. The van der Waals surface area contributed by atoms with Gasteiger partial charge in [-0.1, -0.05) is 6.08 Å². The second-order valence-corrected chi connectivity index (χ2v) is 5.59.